The van der Waals surface area contributed by atoms with Crippen LogP contribution in [0.1, 0.15) is 18.4 Å². The molecule has 2 aromatic carbocycles. The molecule has 0 atom stereocenters. The summed E-state index contributed by atoms with van der Waals surface area (Å²) in [5.74, 6) is 1.02. The molecule has 0 saturated heterocycles. The van der Waals surface area contributed by atoms with Gasteiger partial charge in [0.25, 0.3) is 0 Å². The number of hydrogen-bond donors (Lipinski definition) is 0. The average molecular weight is 355 g/mol. The summed E-state index contributed by atoms with van der Waals surface area (Å²) >= 11 is 0. The molecule has 136 valence electrons. The smallest absolute Gasteiger partial charge is 0.241 e. The lowest BCUT2D eigenvalue weighted by Crippen LogP contribution is -2.24. The van der Waals surface area contributed by atoms with Gasteiger partial charge in [-0.3, -0.25) is 4.90 Å². The molecule has 1 aromatic heterocycles. The molecule has 0 radical (unpaired) electrons. The monoisotopic (exact) mass is 355 g/mol. The lowest BCUT2D eigenvalue weighted by atomic mass is 10.1. The summed E-state index contributed by atoms with van der Waals surface area (Å²) in [4.78, 5) is 6.42. The van der Waals surface area contributed by atoms with E-state index in [1.807, 2.05) is 24.1 Å². The number of likely N-dealkylation sites (N-methyl/N-ethyl adjacent to an activating group) is 1. The van der Waals surface area contributed by atoms with Crippen LogP contribution in [0.2, 0.25) is 0 Å². The Morgan fingerprint density at radius 3 is 2.62 bits per heavy atom. The topological polar surface area (TPSA) is 51.4 Å². The van der Waals surface area contributed by atoms with Gasteiger partial charge in [0.1, 0.15) is 6.61 Å². The summed E-state index contributed by atoms with van der Waals surface area (Å²) in [6.07, 6.45) is 0.998. The minimum absolute atomic E-state index is 0.261. The number of nitrogens with zero attached hydrogens (tertiary/aromatic N) is 3. The van der Waals surface area contributed by atoms with Gasteiger partial charge < -0.3 is 9.26 Å². The Morgan fingerprint density at radius 2 is 1.88 bits per heavy atom. The van der Waals surface area contributed by atoms with Crippen molar-refractivity contribution < 1.29 is 13.7 Å². The predicted molar refractivity (Wildman–Crippen MR) is 97.3 cm³/mol. The SMILES string of the molecule is CCc1ccc(-c2noc(CN(C)CCOc3ccccc3F)n2)cc1. The van der Waals surface area contributed by atoms with Crippen molar-refractivity contribution >= 4 is 0 Å². The second-order valence-corrected chi connectivity index (χ2v) is 6.08. The molecule has 0 saturated carbocycles. The van der Waals surface area contributed by atoms with Crippen molar-refractivity contribution in [3.05, 3.63) is 65.8 Å². The second-order valence-electron chi connectivity index (χ2n) is 6.08. The summed E-state index contributed by atoms with van der Waals surface area (Å²) < 4.78 is 24.3. The molecule has 26 heavy (non-hydrogen) atoms. The van der Waals surface area contributed by atoms with Crippen LogP contribution < -0.4 is 4.74 Å². The first-order valence-corrected chi connectivity index (χ1v) is 8.63. The van der Waals surface area contributed by atoms with Crippen LogP contribution in [0.3, 0.4) is 0 Å². The fourth-order valence-corrected chi connectivity index (χ4v) is 2.51. The number of halogens is 1. The van der Waals surface area contributed by atoms with Gasteiger partial charge in [-0.25, -0.2) is 4.39 Å². The van der Waals surface area contributed by atoms with E-state index in [-0.39, 0.29) is 11.6 Å². The highest BCUT2D eigenvalue weighted by atomic mass is 19.1. The Labute approximate surface area is 152 Å². The number of para-hydroxylation sites is 1. The van der Waals surface area contributed by atoms with Gasteiger partial charge in [0.15, 0.2) is 11.6 Å². The van der Waals surface area contributed by atoms with Gasteiger partial charge in [-0.05, 0) is 31.2 Å². The molecule has 3 aromatic rings. The zero-order valence-corrected chi connectivity index (χ0v) is 15.0. The highest BCUT2D eigenvalue weighted by molar-refractivity contribution is 5.54. The zero-order chi connectivity index (χ0) is 18.4. The highest BCUT2D eigenvalue weighted by Crippen LogP contribution is 2.18. The van der Waals surface area contributed by atoms with Crippen molar-refractivity contribution in [2.45, 2.75) is 19.9 Å². The molecule has 6 heteroatoms. The Morgan fingerprint density at radius 1 is 1.12 bits per heavy atom. The van der Waals surface area contributed by atoms with Crippen LogP contribution in [0.25, 0.3) is 11.4 Å². The summed E-state index contributed by atoms with van der Waals surface area (Å²) in [7, 11) is 1.92. The third kappa shape index (κ3) is 4.67. The largest absolute Gasteiger partial charge is 0.489 e. The Hall–Kier alpha value is -2.73. The van der Waals surface area contributed by atoms with E-state index in [0.717, 1.165) is 12.0 Å². The molecule has 1 heterocycles. The zero-order valence-electron chi connectivity index (χ0n) is 15.0. The van der Waals surface area contributed by atoms with Crippen molar-refractivity contribution in [2.24, 2.45) is 0 Å². The number of ether oxygens (including phenoxy) is 1. The third-order valence-corrected chi connectivity index (χ3v) is 4.06. The first kappa shape index (κ1) is 18.1. The maximum Gasteiger partial charge on any atom is 0.241 e. The van der Waals surface area contributed by atoms with E-state index in [9.17, 15) is 4.39 Å². The summed E-state index contributed by atoms with van der Waals surface area (Å²) in [5.41, 5.74) is 2.20. The summed E-state index contributed by atoms with van der Waals surface area (Å²) in [6.45, 7) is 3.60. The van der Waals surface area contributed by atoms with Gasteiger partial charge >= 0.3 is 0 Å². The molecule has 0 spiro atoms. The van der Waals surface area contributed by atoms with E-state index >= 15 is 0 Å². The minimum atomic E-state index is -0.356. The molecule has 3 rings (SSSR count). The van der Waals surface area contributed by atoms with Crippen LogP contribution in [0, 0.1) is 5.82 Å². The third-order valence-electron chi connectivity index (χ3n) is 4.06. The maximum absolute atomic E-state index is 13.5. The quantitative estimate of drug-likeness (QED) is 0.612. The molecule has 0 bridgehead atoms. The van der Waals surface area contributed by atoms with Gasteiger partial charge in [-0.2, -0.15) is 4.98 Å². The van der Waals surface area contributed by atoms with Crippen molar-refractivity contribution in [1.82, 2.24) is 15.0 Å². The molecular weight excluding hydrogens is 333 g/mol. The maximum atomic E-state index is 13.5. The first-order chi connectivity index (χ1) is 12.7. The van der Waals surface area contributed by atoms with E-state index in [0.29, 0.717) is 31.4 Å². The standard InChI is InChI=1S/C20H22FN3O2/c1-3-15-8-10-16(11-9-15)20-22-19(26-23-20)14-24(2)12-13-25-18-7-5-4-6-17(18)21/h4-11H,3,12-14H2,1-2H3. The minimum Gasteiger partial charge on any atom is -0.489 e. The predicted octanol–water partition coefficient (Wildman–Crippen LogP) is 3.95. The lowest BCUT2D eigenvalue weighted by molar-refractivity contribution is 0.208. The number of rotatable bonds is 8. The highest BCUT2D eigenvalue weighted by Gasteiger charge is 2.11. The van der Waals surface area contributed by atoms with Crippen LogP contribution in [0.5, 0.6) is 5.75 Å². The van der Waals surface area contributed by atoms with E-state index in [1.165, 1.54) is 11.6 Å². The average Bonchev–Trinajstić information content (AvgIpc) is 3.12. The number of benzene rings is 2. The molecule has 0 aliphatic carbocycles. The fraction of sp³-hybridized carbons (Fsp3) is 0.300. The van der Waals surface area contributed by atoms with Crippen molar-refractivity contribution in [1.29, 1.82) is 0 Å². The van der Waals surface area contributed by atoms with Crippen LogP contribution in [0.4, 0.5) is 4.39 Å². The van der Waals surface area contributed by atoms with Crippen LogP contribution in [0.15, 0.2) is 53.1 Å². The Bertz CT molecular complexity index is 833. The first-order valence-electron chi connectivity index (χ1n) is 8.63. The summed E-state index contributed by atoms with van der Waals surface area (Å²) in [5, 5.41) is 4.04. The molecule has 0 fully saturated rings. The van der Waals surface area contributed by atoms with Crippen molar-refractivity contribution in [3.8, 4) is 17.1 Å². The normalized spacial score (nSPS) is 11.1. The molecule has 0 aliphatic heterocycles. The van der Waals surface area contributed by atoms with Gasteiger partial charge in [-0.15, -0.1) is 0 Å². The Kier molecular flexibility index (Phi) is 5.96. The number of aryl methyl sites for hydroxylation is 1. The molecule has 0 aliphatic rings. The number of hydrogen-bond acceptors (Lipinski definition) is 5. The van der Waals surface area contributed by atoms with E-state index < -0.39 is 0 Å². The second kappa shape index (κ2) is 8.58. The lowest BCUT2D eigenvalue weighted by Gasteiger charge is -2.14. The molecule has 0 amide bonds. The van der Waals surface area contributed by atoms with Crippen molar-refractivity contribution in [3.63, 3.8) is 0 Å². The van der Waals surface area contributed by atoms with E-state index in [1.54, 1.807) is 18.2 Å². The molecule has 5 nitrogen and oxygen atoms in total. The summed E-state index contributed by atoms with van der Waals surface area (Å²) in [6, 6.07) is 14.5. The van der Waals surface area contributed by atoms with Gasteiger partial charge in [0, 0.05) is 12.1 Å². The van der Waals surface area contributed by atoms with Crippen LogP contribution in [-0.2, 0) is 13.0 Å². The van der Waals surface area contributed by atoms with Gasteiger partial charge in [0.2, 0.25) is 11.7 Å². The molecular formula is C20H22FN3O2. The van der Waals surface area contributed by atoms with E-state index in [2.05, 4.69) is 29.2 Å². The van der Waals surface area contributed by atoms with Gasteiger partial charge in [-0.1, -0.05) is 48.5 Å². The molecule has 0 N–H and O–H groups in total. The van der Waals surface area contributed by atoms with E-state index in [4.69, 9.17) is 9.26 Å². The van der Waals surface area contributed by atoms with Crippen molar-refractivity contribution in [2.75, 3.05) is 20.2 Å². The molecule has 0 unspecified atom stereocenters. The van der Waals surface area contributed by atoms with Crippen LogP contribution in [-0.4, -0.2) is 35.2 Å². The van der Waals surface area contributed by atoms with Crippen LogP contribution >= 0.6 is 0 Å². The Balaban J connectivity index is 1.51. The van der Waals surface area contributed by atoms with Gasteiger partial charge in [0.05, 0.1) is 6.54 Å². The number of aromatic nitrogens is 2. The fourth-order valence-electron chi connectivity index (χ4n) is 2.51.